The van der Waals surface area contributed by atoms with Crippen LogP contribution in [0.2, 0.25) is 0 Å². The number of hydrogen-bond donors (Lipinski definition) is 0. The SMILES string of the molecule is CC(C)c1nccc(N2CCCOCC2)n1. The lowest BCUT2D eigenvalue weighted by atomic mass is 10.2. The number of rotatable bonds is 2. The Hall–Kier alpha value is -1.16. The van der Waals surface area contributed by atoms with Gasteiger partial charge in [0.1, 0.15) is 11.6 Å². The highest BCUT2D eigenvalue weighted by molar-refractivity contribution is 5.37. The molecule has 1 aromatic rings. The van der Waals surface area contributed by atoms with E-state index >= 15 is 0 Å². The number of nitrogens with zero attached hydrogens (tertiary/aromatic N) is 3. The fraction of sp³-hybridized carbons (Fsp3) is 0.667. The molecule has 0 atom stereocenters. The minimum atomic E-state index is 0.378. The van der Waals surface area contributed by atoms with Crippen LogP contribution in [0.25, 0.3) is 0 Å². The molecule has 1 aliphatic rings. The summed E-state index contributed by atoms with van der Waals surface area (Å²) >= 11 is 0. The van der Waals surface area contributed by atoms with Gasteiger partial charge in [0.25, 0.3) is 0 Å². The molecule has 0 radical (unpaired) electrons. The zero-order chi connectivity index (χ0) is 11.4. The third-order valence-corrected chi connectivity index (χ3v) is 2.72. The molecule has 2 rings (SSSR count). The molecule has 0 unspecified atom stereocenters. The molecule has 1 saturated heterocycles. The largest absolute Gasteiger partial charge is 0.380 e. The molecule has 0 spiro atoms. The Morgan fingerprint density at radius 2 is 2.19 bits per heavy atom. The number of anilines is 1. The van der Waals surface area contributed by atoms with E-state index in [2.05, 4.69) is 28.7 Å². The zero-order valence-corrected chi connectivity index (χ0v) is 10.0. The standard InChI is InChI=1S/C12H19N3O/c1-10(2)12-13-5-4-11(14-12)15-6-3-8-16-9-7-15/h4-5,10H,3,6-9H2,1-2H3. The van der Waals surface area contributed by atoms with Gasteiger partial charge in [-0.3, -0.25) is 0 Å². The Bertz CT molecular complexity index is 333. The molecular weight excluding hydrogens is 202 g/mol. The Labute approximate surface area is 96.7 Å². The summed E-state index contributed by atoms with van der Waals surface area (Å²) in [7, 11) is 0. The van der Waals surface area contributed by atoms with Crippen molar-refractivity contribution in [3.8, 4) is 0 Å². The number of ether oxygens (including phenoxy) is 1. The quantitative estimate of drug-likeness (QED) is 0.763. The van der Waals surface area contributed by atoms with Crippen LogP contribution in [0.5, 0.6) is 0 Å². The highest BCUT2D eigenvalue weighted by Gasteiger charge is 2.12. The van der Waals surface area contributed by atoms with Crippen LogP contribution >= 0.6 is 0 Å². The van der Waals surface area contributed by atoms with Crippen molar-refractivity contribution in [2.24, 2.45) is 0 Å². The maximum Gasteiger partial charge on any atom is 0.133 e. The Kier molecular flexibility index (Phi) is 3.72. The molecule has 1 aliphatic heterocycles. The van der Waals surface area contributed by atoms with E-state index in [4.69, 9.17) is 4.74 Å². The van der Waals surface area contributed by atoms with Crippen LogP contribution in [0.3, 0.4) is 0 Å². The van der Waals surface area contributed by atoms with E-state index in [1.807, 2.05) is 12.3 Å². The van der Waals surface area contributed by atoms with Gasteiger partial charge in [0.15, 0.2) is 0 Å². The molecule has 1 fully saturated rings. The summed E-state index contributed by atoms with van der Waals surface area (Å²) in [6, 6.07) is 1.98. The van der Waals surface area contributed by atoms with Crippen LogP contribution in [-0.4, -0.2) is 36.3 Å². The lowest BCUT2D eigenvalue weighted by Gasteiger charge is -2.21. The van der Waals surface area contributed by atoms with Gasteiger partial charge in [-0.2, -0.15) is 0 Å². The van der Waals surface area contributed by atoms with Crippen LogP contribution in [0, 0.1) is 0 Å². The van der Waals surface area contributed by atoms with Gasteiger partial charge < -0.3 is 9.64 Å². The summed E-state index contributed by atoms with van der Waals surface area (Å²) in [4.78, 5) is 11.2. The topological polar surface area (TPSA) is 38.2 Å². The highest BCUT2D eigenvalue weighted by atomic mass is 16.5. The molecule has 0 bridgehead atoms. The summed E-state index contributed by atoms with van der Waals surface area (Å²) in [5.41, 5.74) is 0. The van der Waals surface area contributed by atoms with Crippen molar-refractivity contribution in [3.05, 3.63) is 18.1 Å². The maximum absolute atomic E-state index is 5.44. The van der Waals surface area contributed by atoms with E-state index in [0.717, 1.165) is 44.4 Å². The second kappa shape index (κ2) is 5.25. The van der Waals surface area contributed by atoms with Gasteiger partial charge >= 0.3 is 0 Å². The van der Waals surface area contributed by atoms with Crippen molar-refractivity contribution < 1.29 is 4.74 Å². The van der Waals surface area contributed by atoms with Crippen LogP contribution < -0.4 is 4.90 Å². The highest BCUT2D eigenvalue weighted by Crippen LogP contribution is 2.15. The van der Waals surface area contributed by atoms with Gasteiger partial charge in [-0.1, -0.05) is 13.8 Å². The van der Waals surface area contributed by atoms with Crippen molar-refractivity contribution in [2.45, 2.75) is 26.2 Å². The van der Waals surface area contributed by atoms with Crippen LogP contribution in [0.15, 0.2) is 12.3 Å². The van der Waals surface area contributed by atoms with Gasteiger partial charge in [0.2, 0.25) is 0 Å². The average molecular weight is 221 g/mol. The molecule has 4 heteroatoms. The van der Waals surface area contributed by atoms with Crippen LogP contribution in [-0.2, 0) is 4.74 Å². The smallest absolute Gasteiger partial charge is 0.133 e. The van der Waals surface area contributed by atoms with Crippen molar-refractivity contribution in [1.29, 1.82) is 0 Å². The van der Waals surface area contributed by atoms with E-state index in [0.29, 0.717) is 5.92 Å². The van der Waals surface area contributed by atoms with E-state index in [9.17, 15) is 0 Å². The lowest BCUT2D eigenvalue weighted by Crippen LogP contribution is -2.27. The monoisotopic (exact) mass is 221 g/mol. The minimum Gasteiger partial charge on any atom is -0.380 e. The predicted molar refractivity (Wildman–Crippen MR) is 63.8 cm³/mol. The second-order valence-electron chi connectivity index (χ2n) is 4.38. The normalized spacial score (nSPS) is 17.6. The molecule has 88 valence electrons. The Morgan fingerprint density at radius 3 is 3.00 bits per heavy atom. The molecule has 2 heterocycles. The van der Waals surface area contributed by atoms with Crippen molar-refractivity contribution in [2.75, 3.05) is 31.2 Å². The van der Waals surface area contributed by atoms with Gasteiger partial charge in [-0.05, 0) is 12.5 Å². The number of hydrogen-bond acceptors (Lipinski definition) is 4. The first-order valence-corrected chi connectivity index (χ1v) is 5.93. The molecule has 0 amide bonds. The molecule has 0 N–H and O–H groups in total. The third-order valence-electron chi connectivity index (χ3n) is 2.72. The van der Waals surface area contributed by atoms with E-state index < -0.39 is 0 Å². The van der Waals surface area contributed by atoms with E-state index in [1.165, 1.54) is 0 Å². The van der Waals surface area contributed by atoms with E-state index in [-0.39, 0.29) is 0 Å². The average Bonchev–Trinajstić information content (AvgIpc) is 2.57. The number of aromatic nitrogens is 2. The van der Waals surface area contributed by atoms with Gasteiger partial charge in [0, 0.05) is 31.8 Å². The van der Waals surface area contributed by atoms with Crippen molar-refractivity contribution >= 4 is 5.82 Å². The predicted octanol–water partition coefficient (Wildman–Crippen LogP) is 1.83. The fourth-order valence-corrected chi connectivity index (χ4v) is 1.79. The minimum absolute atomic E-state index is 0.378. The molecule has 0 aromatic carbocycles. The van der Waals surface area contributed by atoms with Gasteiger partial charge in [0.05, 0.1) is 6.61 Å². The first-order valence-electron chi connectivity index (χ1n) is 5.93. The molecular formula is C12H19N3O. The van der Waals surface area contributed by atoms with Gasteiger partial charge in [-0.15, -0.1) is 0 Å². The first kappa shape index (κ1) is 11.3. The Balaban J connectivity index is 2.15. The summed E-state index contributed by atoms with van der Waals surface area (Å²) < 4.78 is 5.44. The van der Waals surface area contributed by atoms with Crippen LogP contribution in [0.4, 0.5) is 5.82 Å². The van der Waals surface area contributed by atoms with Crippen LogP contribution in [0.1, 0.15) is 32.0 Å². The molecule has 4 nitrogen and oxygen atoms in total. The molecule has 0 aliphatic carbocycles. The van der Waals surface area contributed by atoms with Gasteiger partial charge in [-0.25, -0.2) is 9.97 Å². The first-order chi connectivity index (χ1) is 7.77. The summed E-state index contributed by atoms with van der Waals surface area (Å²) in [5.74, 6) is 2.33. The zero-order valence-electron chi connectivity index (χ0n) is 10.0. The maximum atomic E-state index is 5.44. The molecule has 16 heavy (non-hydrogen) atoms. The summed E-state index contributed by atoms with van der Waals surface area (Å²) in [5, 5.41) is 0. The van der Waals surface area contributed by atoms with Crippen molar-refractivity contribution in [1.82, 2.24) is 9.97 Å². The second-order valence-corrected chi connectivity index (χ2v) is 4.38. The summed E-state index contributed by atoms with van der Waals surface area (Å²) in [6.07, 6.45) is 2.92. The molecule has 1 aromatic heterocycles. The summed E-state index contributed by atoms with van der Waals surface area (Å²) in [6.45, 7) is 7.83. The lowest BCUT2D eigenvalue weighted by molar-refractivity contribution is 0.152. The Morgan fingerprint density at radius 1 is 1.31 bits per heavy atom. The molecule has 0 saturated carbocycles. The third kappa shape index (κ3) is 2.70. The van der Waals surface area contributed by atoms with Crippen molar-refractivity contribution in [3.63, 3.8) is 0 Å². The fourth-order valence-electron chi connectivity index (χ4n) is 1.79. The van der Waals surface area contributed by atoms with E-state index in [1.54, 1.807) is 0 Å².